The van der Waals surface area contributed by atoms with E-state index in [9.17, 15) is 8.78 Å². The molecule has 0 aliphatic carbocycles. The number of halogens is 5. The smallest absolute Gasteiger partial charge is 0.150 e. The van der Waals surface area contributed by atoms with Crippen molar-refractivity contribution in [3.63, 3.8) is 0 Å². The lowest BCUT2D eigenvalue weighted by Gasteiger charge is -2.05. The van der Waals surface area contributed by atoms with Gasteiger partial charge in [0.2, 0.25) is 0 Å². The third-order valence-electron chi connectivity index (χ3n) is 1.88. The fourth-order valence-corrected chi connectivity index (χ4v) is 2.22. The van der Waals surface area contributed by atoms with Crippen LogP contribution in [0.2, 0.25) is 5.02 Å². The van der Waals surface area contributed by atoms with Crippen molar-refractivity contribution >= 4 is 54.4 Å². The largest absolute Gasteiger partial charge is 0.251 e. The summed E-state index contributed by atoms with van der Waals surface area (Å²) in [6.45, 7) is 0. The van der Waals surface area contributed by atoms with Gasteiger partial charge in [0.15, 0.2) is 5.82 Å². The average Bonchev–Trinajstić information content (AvgIpc) is 2.19. The molecule has 0 amide bonds. The van der Waals surface area contributed by atoms with E-state index in [1.807, 2.05) is 0 Å². The standard InChI is InChI=1S/C9H2Br2ClF2N/c10-3-1-5(13)9-6(8(3)14)7(11)4(12)2-15-9/h1-2H. The number of rotatable bonds is 0. The minimum atomic E-state index is -0.601. The second kappa shape index (κ2) is 3.96. The van der Waals surface area contributed by atoms with E-state index < -0.39 is 11.6 Å². The predicted octanol–water partition coefficient (Wildman–Crippen LogP) is 4.69. The van der Waals surface area contributed by atoms with Crippen LogP contribution in [0.3, 0.4) is 0 Å². The molecule has 2 rings (SSSR count). The fourth-order valence-electron chi connectivity index (χ4n) is 1.21. The maximum absolute atomic E-state index is 13.7. The summed E-state index contributed by atoms with van der Waals surface area (Å²) < 4.78 is 27.4. The number of aromatic nitrogens is 1. The minimum absolute atomic E-state index is 0.0365. The van der Waals surface area contributed by atoms with E-state index in [4.69, 9.17) is 11.6 Å². The molecule has 0 radical (unpaired) electrons. The maximum atomic E-state index is 13.7. The highest BCUT2D eigenvalue weighted by Gasteiger charge is 2.16. The molecule has 0 saturated carbocycles. The zero-order chi connectivity index (χ0) is 11.2. The van der Waals surface area contributed by atoms with Crippen LogP contribution < -0.4 is 0 Å². The Kier molecular flexibility index (Phi) is 2.96. The second-order valence-corrected chi connectivity index (χ2v) is 4.85. The van der Waals surface area contributed by atoms with Crippen LogP contribution in [0.25, 0.3) is 10.9 Å². The van der Waals surface area contributed by atoms with Crippen LogP contribution in [0, 0.1) is 11.6 Å². The Morgan fingerprint density at radius 2 is 1.93 bits per heavy atom. The van der Waals surface area contributed by atoms with E-state index >= 15 is 0 Å². The van der Waals surface area contributed by atoms with Crippen molar-refractivity contribution in [3.8, 4) is 0 Å². The monoisotopic (exact) mass is 355 g/mol. The van der Waals surface area contributed by atoms with Crippen molar-refractivity contribution in [2.45, 2.75) is 0 Å². The molecule has 0 aliphatic rings. The van der Waals surface area contributed by atoms with Gasteiger partial charge in [0.05, 0.1) is 19.4 Å². The number of hydrogen-bond acceptors (Lipinski definition) is 1. The Morgan fingerprint density at radius 1 is 1.27 bits per heavy atom. The van der Waals surface area contributed by atoms with E-state index in [-0.39, 0.29) is 20.4 Å². The number of nitrogens with zero attached hydrogens (tertiary/aromatic N) is 1. The van der Waals surface area contributed by atoms with E-state index in [2.05, 4.69) is 36.8 Å². The van der Waals surface area contributed by atoms with Gasteiger partial charge in [0.25, 0.3) is 0 Å². The van der Waals surface area contributed by atoms with Crippen LogP contribution in [-0.4, -0.2) is 4.98 Å². The Balaban J connectivity index is 3.04. The van der Waals surface area contributed by atoms with Crippen molar-refractivity contribution < 1.29 is 8.78 Å². The molecule has 1 nitrogen and oxygen atoms in total. The van der Waals surface area contributed by atoms with Gasteiger partial charge in [-0.15, -0.1) is 0 Å². The molecule has 6 heteroatoms. The molecule has 1 aromatic carbocycles. The molecule has 0 N–H and O–H groups in total. The number of fused-ring (bicyclic) bond motifs is 1. The Labute approximate surface area is 106 Å². The number of benzene rings is 1. The summed E-state index contributed by atoms with van der Waals surface area (Å²) in [5.74, 6) is -1.19. The first-order chi connectivity index (χ1) is 7.02. The molecular formula is C9H2Br2ClF2N. The lowest BCUT2D eigenvalue weighted by Crippen LogP contribution is -1.91. The van der Waals surface area contributed by atoms with Crippen molar-refractivity contribution in [2.75, 3.05) is 0 Å². The molecular weight excluding hydrogens is 355 g/mol. The van der Waals surface area contributed by atoms with Gasteiger partial charge in [-0.3, -0.25) is 4.98 Å². The van der Waals surface area contributed by atoms with Gasteiger partial charge in [0, 0.05) is 6.20 Å². The van der Waals surface area contributed by atoms with Crippen LogP contribution >= 0.6 is 43.5 Å². The Morgan fingerprint density at radius 3 is 2.60 bits per heavy atom. The highest BCUT2D eigenvalue weighted by Crippen LogP contribution is 2.35. The lowest BCUT2D eigenvalue weighted by molar-refractivity contribution is 0.609. The Bertz CT molecular complexity index is 551. The van der Waals surface area contributed by atoms with Gasteiger partial charge in [0.1, 0.15) is 11.3 Å². The molecule has 0 atom stereocenters. The highest BCUT2D eigenvalue weighted by atomic mass is 79.9. The van der Waals surface area contributed by atoms with Gasteiger partial charge in [-0.2, -0.15) is 0 Å². The van der Waals surface area contributed by atoms with Crippen LogP contribution in [0.5, 0.6) is 0 Å². The van der Waals surface area contributed by atoms with Gasteiger partial charge in [-0.05, 0) is 37.9 Å². The summed E-state index contributed by atoms with van der Waals surface area (Å²) in [7, 11) is 0. The van der Waals surface area contributed by atoms with Crippen molar-refractivity contribution in [2.24, 2.45) is 0 Å². The Hall–Kier alpha value is -0.260. The normalized spacial score (nSPS) is 11.0. The zero-order valence-electron chi connectivity index (χ0n) is 6.99. The molecule has 15 heavy (non-hydrogen) atoms. The van der Waals surface area contributed by atoms with E-state index in [0.717, 1.165) is 6.07 Å². The van der Waals surface area contributed by atoms with Crippen molar-refractivity contribution in [3.05, 3.63) is 37.9 Å². The molecule has 1 heterocycles. The number of hydrogen-bond donors (Lipinski definition) is 0. The molecule has 2 aromatic rings. The predicted molar refractivity (Wildman–Crippen MR) is 62.1 cm³/mol. The average molecular weight is 357 g/mol. The van der Waals surface area contributed by atoms with Crippen LogP contribution in [0.4, 0.5) is 8.78 Å². The fraction of sp³-hybridized carbons (Fsp3) is 0. The third-order valence-corrected chi connectivity index (χ3v) is 3.80. The molecule has 78 valence electrons. The molecule has 0 aliphatic heterocycles. The van der Waals surface area contributed by atoms with Crippen molar-refractivity contribution in [1.82, 2.24) is 4.98 Å². The minimum Gasteiger partial charge on any atom is -0.251 e. The summed E-state index contributed by atoms with van der Waals surface area (Å²) >= 11 is 11.8. The summed E-state index contributed by atoms with van der Waals surface area (Å²) in [5.41, 5.74) is -0.0491. The second-order valence-electron chi connectivity index (χ2n) is 2.80. The van der Waals surface area contributed by atoms with Gasteiger partial charge < -0.3 is 0 Å². The molecule has 0 unspecified atom stereocenters. The number of pyridine rings is 1. The summed E-state index contributed by atoms with van der Waals surface area (Å²) in [6.07, 6.45) is 1.27. The molecule has 1 aromatic heterocycles. The van der Waals surface area contributed by atoms with E-state index in [0.29, 0.717) is 4.47 Å². The van der Waals surface area contributed by atoms with Gasteiger partial charge in [-0.1, -0.05) is 11.6 Å². The summed E-state index contributed by atoms with van der Waals surface area (Å²) in [5, 5.41) is 0.272. The van der Waals surface area contributed by atoms with Crippen molar-refractivity contribution in [1.29, 1.82) is 0 Å². The van der Waals surface area contributed by atoms with Crippen LogP contribution in [-0.2, 0) is 0 Å². The quantitative estimate of drug-likeness (QED) is 0.623. The maximum Gasteiger partial charge on any atom is 0.150 e. The van der Waals surface area contributed by atoms with E-state index in [1.165, 1.54) is 6.20 Å². The van der Waals surface area contributed by atoms with Crippen LogP contribution in [0.15, 0.2) is 21.2 Å². The molecule has 0 fully saturated rings. The molecule has 0 saturated heterocycles. The first kappa shape index (κ1) is 11.2. The highest BCUT2D eigenvalue weighted by molar-refractivity contribution is 9.11. The molecule has 0 spiro atoms. The topological polar surface area (TPSA) is 12.9 Å². The summed E-state index contributed by atoms with van der Waals surface area (Å²) in [6, 6.07) is 1.03. The summed E-state index contributed by atoms with van der Waals surface area (Å²) in [4.78, 5) is 3.75. The van der Waals surface area contributed by atoms with Crippen LogP contribution in [0.1, 0.15) is 0 Å². The first-order valence-electron chi connectivity index (χ1n) is 3.79. The molecule has 0 bridgehead atoms. The first-order valence-corrected chi connectivity index (χ1v) is 5.76. The SMILES string of the molecule is Fc1cc(Br)c(F)c2c(Br)c(Cl)cnc12. The zero-order valence-corrected chi connectivity index (χ0v) is 10.9. The van der Waals surface area contributed by atoms with Gasteiger partial charge in [-0.25, -0.2) is 8.78 Å². The third kappa shape index (κ3) is 1.77. The lowest BCUT2D eigenvalue weighted by atomic mass is 10.2. The van der Waals surface area contributed by atoms with Gasteiger partial charge >= 0.3 is 0 Å². The van der Waals surface area contributed by atoms with E-state index in [1.54, 1.807) is 0 Å².